The highest BCUT2D eigenvalue weighted by molar-refractivity contribution is 8.00. The van der Waals surface area contributed by atoms with Gasteiger partial charge in [0.1, 0.15) is 6.04 Å². The zero-order chi connectivity index (χ0) is 21.4. The molecule has 2 aromatic rings. The van der Waals surface area contributed by atoms with Crippen LogP contribution >= 0.6 is 35.0 Å². The largest absolute Gasteiger partial charge is 0.352 e. The molecule has 0 unspecified atom stereocenters. The van der Waals surface area contributed by atoms with E-state index in [1.165, 1.54) is 11.8 Å². The maximum atomic E-state index is 13.1. The number of halogens is 2. The van der Waals surface area contributed by atoms with Crippen molar-refractivity contribution in [1.29, 1.82) is 0 Å². The number of nitrogens with zero attached hydrogens (tertiary/aromatic N) is 1. The lowest BCUT2D eigenvalue weighted by Crippen LogP contribution is -2.50. The topological polar surface area (TPSA) is 49.4 Å². The van der Waals surface area contributed by atoms with Crippen LogP contribution < -0.4 is 5.32 Å². The quantitative estimate of drug-likeness (QED) is 0.516. The summed E-state index contributed by atoms with van der Waals surface area (Å²) < 4.78 is 0. The van der Waals surface area contributed by atoms with Crippen LogP contribution in [0.1, 0.15) is 32.8 Å². The number of carbonyl (C=O) groups is 2. The van der Waals surface area contributed by atoms with Gasteiger partial charge in [0.15, 0.2) is 0 Å². The number of nitrogens with one attached hydrogen (secondary N) is 1. The van der Waals surface area contributed by atoms with Crippen LogP contribution in [0.2, 0.25) is 10.0 Å². The third-order valence-electron chi connectivity index (χ3n) is 4.63. The second-order valence-corrected chi connectivity index (χ2v) is 8.75. The van der Waals surface area contributed by atoms with E-state index in [2.05, 4.69) is 5.32 Å². The molecule has 0 fully saturated rings. The van der Waals surface area contributed by atoms with Gasteiger partial charge >= 0.3 is 0 Å². The van der Waals surface area contributed by atoms with E-state index in [9.17, 15) is 9.59 Å². The summed E-state index contributed by atoms with van der Waals surface area (Å²) in [7, 11) is 0. The van der Waals surface area contributed by atoms with Crippen LogP contribution in [-0.4, -0.2) is 34.6 Å². The summed E-state index contributed by atoms with van der Waals surface area (Å²) in [6.07, 6.45) is 0.819. The Bertz CT molecular complexity index is 833. The second-order valence-electron chi connectivity index (χ2n) is 6.85. The molecule has 0 saturated heterocycles. The molecule has 2 atom stereocenters. The fraction of sp³-hybridized carbons (Fsp3) is 0.364. The smallest absolute Gasteiger partial charge is 0.242 e. The Balaban J connectivity index is 2.18. The van der Waals surface area contributed by atoms with Crippen molar-refractivity contribution < 1.29 is 9.59 Å². The van der Waals surface area contributed by atoms with Crippen LogP contribution in [0.5, 0.6) is 0 Å². The van der Waals surface area contributed by atoms with Gasteiger partial charge in [-0.05, 0) is 50.1 Å². The molecule has 0 aliphatic rings. The molecule has 1 N–H and O–H groups in total. The van der Waals surface area contributed by atoms with E-state index in [0.717, 1.165) is 16.9 Å². The lowest BCUT2D eigenvalue weighted by Gasteiger charge is -2.30. The summed E-state index contributed by atoms with van der Waals surface area (Å²) in [6.45, 7) is 5.92. The predicted octanol–water partition coefficient (Wildman–Crippen LogP) is 5.42. The van der Waals surface area contributed by atoms with Crippen LogP contribution in [0.3, 0.4) is 0 Å². The summed E-state index contributed by atoms with van der Waals surface area (Å²) in [5.74, 6) is -0.0740. The van der Waals surface area contributed by atoms with E-state index in [4.69, 9.17) is 23.2 Å². The number of amides is 2. The first-order valence-corrected chi connectivity index (χ1v) is 11.3. The van der Waals surface area contributed by atoms with Gasteiger partial charge in [-0.15, -0.1) is 11.8 Å². The zero-order valence-corrected chi connectivity index (χ0v) is 19.2. The first-order chi connectivity index (χ1) is 13.8. The van der Waals surface area contributed by atoms with E-state index in [1.54, 1.807) is 30.0 Å². The van der Waals surface area contributed by atoms with Gasteiger partial charge in [0, 0.05) is 27.5 Å². The minimum absolute atomic E-state index is 0.0414. The van der Waals surface area contributed by atoms with Gasteiger partial charge in [-0.3, -0.25) is 9.59 Å². The maximum absolute atomic E-state index is 13.1. The van der Waals surface area contributed by atoms with Crippen molar-refractivity contribution in [2.75, 3.05) is 5.75 Å². The molecule has 2 rings (SSSR count). The van der Waals surface area contributed by atoms with Gasteiger partial charge in [-0.25, -0.2) is 0 Å². The standard InChI is InChI=1S/C22H26Cl2N2O2S/c1-4-15(2)25-22(28)16(3)26(13-17-10-11-18(23)12-20(17)24)21(27)14-29-19-8-6-5-7-9-19/h5-12,15-16H,4,13-14H2,1-3H3,(H,25,28)/t15-,16+/m1/s1. The Kier molecular flexibility index (Phi) is 9.34. The fourth-order valence-electron chi connectivity index (χ4n) is 2.63. The molecule has 4 nitrogen and oxygen atoms in total. The van der Waals surface area contributed by atoms with Crippen LogP contribution in [0, 0.1) is 0 Å². The first-order valence-electron chi connectivity index (χ1n) is 9.53. The normalized spacial score (nSPS) is 12.9. The van der Waals surface area contributed by atoms with Crippen molar-refractivity contribution in [1.82, 2.24) is 10.2 Å². The molecule has 0 saturated carbocycles. The fourth-order valence-corrected chi connectivity index (χ4v) is 3.90. The average Bonchev–Trinajstić information content (AvgIpc) is 2.71. The number of rotatable bonds is 9. The number of hydrogen-bond acceptors (Lipinski definition) is 3. The molecule has 0 spiro atoms. The molecule has 2 amide bonds. The number of thioether (sulfide) groups is 1. The third-order valence-corrected chi connectivity index (χ3v) is 6.21. The Hall–Kier alpha value is -1.69. The predicted molar refractivity (Wildman–Crippen MR) is 122 cm³/mol. The van der Waals surface area contributed by atoms with E-state index in [1.807, 2.05) is 44.2 Å². The molecule has 0 aliphatic carbocycles. The Morgan fingerprint density at radius 3 is 2.41 bits per heavy atom. The van der Waals surface area contributed by atoms with Crippen molar-refractivity contribution in [3.05, 3.63) is 64.1 Å². The Morgan fingerprint density at radius 1 is 1.10 bits per heavy atom. The van der Waals surface area contributed by atoms with E-state index in [-0.39, 0.29) is 30.2 Å². The number of carbonyl (C=O) groups excluding carboxylic acids is 2. The Labute approximate surface area is 187 Å². The third kappa shape index (κ3) is 7.25. The summed E-state index contributed by atoms with van der Waals surface area (Å²) in [5.41, 5.74) is 0.748. The maximum Gasteiger partial charge on any atom is 0.242 e. The minimum Gasteiger partial charge on any atom is -0.352 e. The molecular formula is C22H26Cl2N2O2S. The monoisotopic (exact) mass is 452 g/mol. The van der Waals surface area contributed by atoms with Gasteiger partial charge in [-0.1, -0.05) is 54.4 Å². The molecular weight excluding hydrogens is 427 g/mol. The average molecular weight is 453 g/mol. The highest BCUT2D eigenvalue weighted by Crippen LogP contribution is 2.24. The minimum atomic E-state index is -0.625. The molecule has 0 radical (unpaired) electrons. The molecule has 156 valence electrons. The number of benzene rings is 2. The van der Waals surface area contributed by atoms with Crippen LogP contribution in [0.25, 0.3) is 0 Å². The van der Waals surface area contributed by atoms with Crippen molar-refractivity contribution in [2.24, 2.45) is 0 Å². The molecule has 2 aromatic carbocycles. The summed E-state index contributed by atoms with van der Waals surface area (Å²) in [6, 6.07) is 14.3. The summed E-state index contributed by atoms with van der Waals surface area (Å²) in [4.78, 5) is 28.3. The summed E-state index contributed by atoms with van der Waals surface area (Å²) in [5, 5.41) is 3.95. The Morgan fingerprint density at radius 2 is 1.79 bits per heavy atom. The highest BCUT2D eigenvalue weighted by atomic mass is 35.5. The molecule has 0 aliphatic heterocycles. The molecule has 29 heavy (non-hydrogen) atoms. The van der Waals surface area contributed by atoms with Crippen molar-refractivity contribution in [3.8, 4) is 0 Å². The van der Waals surface area contributed by atoms with Crippen molar-refractivity contribution in [2.45, 2.75) is 50.7 Å². The first kappa shape index (κ1) is 23.6. The van der Waals surface area contributed by atoms with Crippen molar-refractivity contribution in [3.63, 3.8) is 0 Å². The van der Waals surface area contributed by atoms with Gasteiger partial charge in [0.25, 0.3) is 0 Å². The van der Waals surface area contributed by atoms with Gasteiger partial charge < -0.3 is 10.2 Å². The lowest BCUT2D eigenvalue weighted by molar-refractivity contribution is -0.138. The molecule has 0 aromatic heterocycles. The van der Waals surface area contributed by atoms with Crippen molar-refractivity contribution >= 4 is 46.8 Å². The second kappa shape index (κ2) is 11.5. The van der Waals surface area contributed by atoms with Crippen LogP contribution in [0.15, 0.2) is 53.4 Å². The summed E-state index contributed by atoms with van der Waals surface area (Å²) >= 11 is 13.7. The van der Waals surface area contributed by atoms with E-state index < -0.39 is 6.04 Å². The lowest BCUT2D eigenvalue weighted by atomic mass is 10.1. The zero-order valence-electron chi connectivity index (χ0n) is 16.8. The van der Waals surface area contributed by atoms with E-state index >= 15 is 0 Å². The molecule has 7 heteroatoms. The molecule has 0 heterocycles. The van der Waals surface area contributed by atoms with Crippen LogP contribution in [0.4, 0.5) is 0 Å². The van der Waals surface area contributed by atoms with Gasteiger partial charge in [0.2, 0.25) is 11.8 Å². The SMILES string of the molecule is CC[C@@H](C)NC(=O)[C@H](C)N(Cc1ccc(Cl)cc1Cl)C(=O)CSc1ccccc1. The highest BCUT2D eigenvalue weighted by Gasteiger charge is 2.27. The molecule has 0 bridgehead atoms. The van der Waals surface area contributed by atoms with Gasteiger partial charge in [0.05, 0.1) is 5.75 Å². The van der Waals surface area contributed by atoms with Gasteiger partial charge in [-0.2, -0.15) is 0 Å². The van der Waals surface area contributed by atoms with Crippen LogP contribution in [-0.2, 0) is 16.1 Å². The van der Waals surface area contributed by atoms with E-state index in [0.29, 0.717) is 10.0 Å². The number of hydrogen-bond donors (Lipinski definition) is 1.